The van der Waals surface area contributed by atoms with Gasteiger partial charge in [-0.1, -0.05) is 83.1 Å². The van der Waals surface area contributed by atoms with Crippen LogP contribution in [0.5, 0.6) is 0 Å². The number of carboxylic acids is 1. The third-order valence-electron chi connectivity index (χ3n) is 6.42. The van der Waals surface area contributed by atoms with Crippen LogP contribution in [0.15, 0.2) is 72.8 Å². The van der Waals surface area contributed by atoms with Crippen LogP contribution in [-0.2, 0) is 16.6 Å². The van der Waals surface area contributed by atoms with Crippen LogP contribution in [0.2, 0.25) is 0 Å². The number of aliphatic carboxylic acids is 1. The lowest BCUT2D eigenvalue weighted by Crippen LogP contribution is -2.26. The summed E-state index contributed by atoms with van der Waals surface area (Å²) < 4.78 is 0. The molecule has 1 amide bonds. The highest BCUT2D eigenvalue weighted by atomic mass is 16.4. The van der Waals surface area contributed by atoms with Crippen LogP contribution in [0.1, 0.15) is 68.9 Å². The molecule has 0 aliphatic heterocycles. The Balaban J connectivity index is 1.63. The fourth-order valence-corrected chi connectivity index (χ4v) is 4.38. The van der Waals surface area contributed by atoms with Crippen LogP contribution in [0.3, 0.4) is 0 Å². The van der Waals surface area contributed by atoms with E-state index < -0.39 is 5.97 Å². The normalized spacial score (nSPS) is 12.3. The second-order valence-corrected chi connectivity index (χ2v) is 11.2. The van der Waals surface area contributed by atoms with Gasteiger partial charge in [0.1, 0.15) is 0 Å². The number of anilines is 1. The average Bonchev–Trinajstić information content (AvgIpc) is 2.84. The molecule has 5 heteroatoms. The molecule has 196 valence electrons. The Bertz CT molecular complexity index is 1160. The van der Waals surface area contributed by atoms with Crippen LogP contribution in [0.25, 0.3) is 11.1 Å². The Labute approximate surface area is 221 Å². The number of amides is 1. The molecule has 0 heterocycles. The third-order valence-corrected chi connectivity index (χ3v) is 6.42. The predicted octanol–water partition coefficient (Wildman–Crippen LogP) is 6.92. The first-order valence-corrected chi connectivity index (χ1v) is 13.1. The summed E-state index contributed by atoms with van der Waals surface area (Å²) >= 11 is 0. The molecular formula is C32H40N2O3. The standard InChI is InChI=1S/C32H40N2O3/c1-22(2)20-29(34-28-16-12-26(13-17-28)31(37)33-19-18-30(35)36)21-23-6-8-24(9-7-23)25-10-14-27(15-11-25)32(3,4)5/h6-17,22,29,34H,18-21H2,1-5H3,(H,33,37)(H,35,36)/t29-/m1/s1. The van der Waals surface area contributed by atoms with Gasteiger partial charge in [0.25, 0.3) is 5.91 Å². The minimum atomic E-state index is -0.930. The first-order valence-electron chi connectivity index (χ1n) is 13.1. The van der Waals surface area contributed by atoms with E-state index >= 15 is 0 Å². The Morgan fingerprint density at radius 3 is 1.92 bits per heavy atom. The van der Waals surface area contributed by atoms with Gasteiger partial charge in [-0.15, -0.1) is 0 Å². The van der Waals surface area contributed by atoms with E-state index in [9.17, 15) is 9.59 Å². The summed E-state index contributed by atoms with van der Waals surface area (Å²) in [5.74, 6) is -0.655. The number of rotatable bonds is 11. The highest BCUT2D eigenvalue weighted by molar-refractivity contribution is 5.94. The molecule has 37 heavy (non-hydrogen) atoms. The molecule has 0 spiro atoms. The molecule has 3 rings (SSSR count). The number of carbonyl (C=O) groups excluding carboxylic acids is 1. The van der Waals surface area contributed by atoms with Crippen molar-refractivity contribution in [2.45, 2.75) is 65.3 Å². The van der Waals surface area contributed by atoms with Gasteiger partial charge in [-0.3, -0.25) is 9.59 Å². The van der Waals surface area contributed by atoms with Crippen LogP contribution in [0.4, 0.5) is 5.69 Å². The smallest absolute Gasteiger partial charge is 0.305 e. The van der Waals surface area contributed by atoms with Crippen LogP contribution >= 0.6 is 0 Å². The second-order valence-electron chi connectivity index (χ2n) is 11.2. The molecule has 0 unspecified atom stereocenters. The van der Waals surface area contributed by atoms with Gasteiger partial charge in [-0.25, -0.2) is 0 Å². The summed E-state index contributed by atoms with van der Waals surface area (Å²) in [5.41, 5.74) is 6.68. The van der Waals surface area contributed by atoms with E-state index in [1.165, 1.54) is 22.3 Å². The lowest BCUT2D eigenvalue weighted by molar-refractivity contribution is -0.136. The molecule has 3 aromatic rings. The Kier molecular flexibility index (Phi) is 9.51. The molecule has 0 radical (unpaired) electrons. The minimum absolute atomic E-state index is 0.0906. The number of hydrogen-bond acceptors (Lipinski definition) is 3. The van der Waals surface area contributed by atoms with Crippen molar-refractivity contribution >= 4 is 17.6 Å². The number of hydrogen-bond donors (Lipinski definition) is 3. The van der Waals surface area contributed by atoms with Gasteiger partial charge in [0, 0.05) is 23.8 Å². The van der Waals surface area contributed by atoms with Crippen molar-refractivity contribution in [2.75, 3.05) is 11.9 Å². The summed E-state index contributed by atoms with van der Waals surface area (Å²) in [6, 6.07) is 25.3. The molecular weight excluding hydrogens is 460 g/mol. The Morgan fingerprint density at radius 1 is 0.838 bits per heavy atom. The van der Waals surface area contributed by atoms with E-state index in [1.807, 2.05) is 12.1 Å². The van der Waals surface area contributed by atoms with E-state index in [2.05, 4.69) is 93.8 Å². The van der Waals surface area contributed by atoms with Crippen molar-refractivity contribution in [1.82, 2.24) is 5.32 Å². The fourth-order valence-electron chi connectivity index (χ4n) is 4.38. The summed E-state index contributed by atoms with van der Waals surface area (Å²) in [7, 11) is 0. The molecule has 1 atom stereocenters. The van der Waals surface area contributed by atoms with Crippen LogP contribution in [0, 0.1) is 5.92 Å². The molecule has 0 aliphatic carbocycles. The first kappa shape index (κ1) is 28.0. The maximum absolute atomic E-state index is 12.2. The van der Waals surface area contributed by atoms with E-state index in [0.29, 0.717) is 11.5 Å². The maximum Gasteiger partial charge on any atom is 0.305 e. The molecule has 0 saturated carbocycles. The maximum atomic E-state index is 12.2. The number of carboxylic acid groups (broad SMARTS) is 1. The predicted molar refractivity (Wildman–Crippen MR) is 152 cm³/mol. The third kappa shape index (κ3) is 8.78. The summed E-state index contributed by atoms with van der Waals surface area (Å²) in [5, 5.41) is 15.0. The number of carbonyl (C=O) groups is 2. The monoisotopic (exact) mass is 500 g/mol. The topological polar surface area (TPSA) is 78.4 Å². The summed E-state index contributed by atoms with van der Waals surface area (Å²) in [4.78, 5) is 22.8. The summed E-state index contributed by atoms with van der Waals surface area (Å²) in [6.07, 6.45) is 1.83. The van der Waals surface area contributed by atoms with E-state index in [4.69, 9.17) is 5.11 Å². The van der Waals surface area contributed by atoms with Crippen molar-refractivity contribution in [3.63, 3.8) is 0 Å². The van der Waals surface area contributed by atoms with E-state index in [-0.39, 0.29) is 30.3 Å². The fraction of sp³-hybridized carbons (Fsp3) is 0.375. The lowest BCUT2D eigenvalue weighted by Gasteiger charge is -2.22. The summed E-state index contributed by atoms with van der Waals surface area (Å²) in [6.45, 7) is 11.3. The molecule has 0 aliphatic rings. The highest BCUT2D eigenvalue weighted by Crippen LogP contribution is 2.27. The zero-order valence-electron chi connectivity index (χ0n) is 22.7. The van der Waals surface area contributed by atoms with Crippen molar-refractivity contribution in [2.24, 2.45) is 5.92 Å². The number of benzene rings is 3. The van der Waals surface area contributed by atoms with Crippen LogP contribution < -0.4 is 10.6 Å². The van der Waals surface area contributed by atoms with Gasteiger partial charge >= 0.3 is 5.97 Å². The zero-order valence-corrected chi connectivity index (χ0v) is 22.7. The number of nitrogens with one attached hydrogen (secondary N) is 2. The largest absolute Gasteiger partial charge is 0.481 e. The SMILES string of the molecule is CC(C)C[C@H](Cc1ccc(-c2ccc(C(C)(C)C)cc2)cc1)Nc1ccc(C(=O)NCCC(=O)O)cc1. The molecule has 0 saturated heterocycles. The van der Waals surface area contributed by atoms with Crippen molar-refractivity contribution in [3.05, 3.63) is 89.5 Å². The first-order chi connectivity index (χ1) is 17.5. The van der Waals surface area contributed by atoms with E-state index in [1.54, 1.807) is 12.1 Å². The van der Waals surface area contributed by atoms with Crippen LogP contribution in [-0.4, -0.2) is 29.6 Å². The molecule has 0 fully saturated rings. The van der Waals surface area contributed by atoms with Gasteiger partial charge in [0.2, 0.25) is 0 Å². The highest BCUT2D eigenvalue weighted by Gasteiger charge is 2.15. The molecule has 0 aromatic heterocycles. The molecule has 3 N–H and O–H groups in total. The lowest BCUT2D eigenvalue weighted by atomic mass is 9.86. The van der Waals surface area contributed by atoms with Gasteiger partial charge < -0.3 is 15.7 Å². The second kappa shape index (κ2) is 12.6. The zero-order chi connectivity index (χ0) is 27.0. The average molecular weight is 501 g/mol. The van der Waals surface area contributed by atoms with E-state index in [0.717, 1.165) is 18.5 Å². The minimum Gasteiger partial charge on any atom is -0.481 e. The van der Waals surface area contributed by atoms with Crippen molar-refractivity contribution < 1.29 is 14.7 Å². The molecule has 3 aromatic carbocycles. The van der Waals surface area contributed by atoms with Gasteiger partial charge in [-0.05, 0) is 70.7 Å². The van der Waals surface area contributed by atoms with Crippen molar-refractivity contribution in [1.29, 1.82) is 0 Å². The molecule has 5 nitrogen and oxygen atoms in total. The van der Waals surface area contributed by atoms with Gasteiger partial charge in [0.15, 0.2) is 0 Å². The van der Waals surface area contributed by atoms with Gasteiger partial charge in [-0.2, -0.15) is 0 Å². The molecule has 0 bridgehead atoms. The van der Waals surface area contributed by atoms with Crippen molar-refractivity contribution in [3.8, 4) is 11.1 Å². The van der Waals surface area contributed by atoms with Gasteiger partial charge in [0.05, 0.1) is 6.42 Å². The quantitative estimate of drug-likeness (QED) is 0.267. The Morgan fingerprint density at radius 2 is 1.41 bits per heavy atom. The Hall–Kier alpha value is -3.60.